The van der Waals surface area contributed by atoms with E-state index in [1.165, 1.54) is 92.5 Å². The van der Waals surface area contributed by atoms with Crippen LogP contribution in [0.1, 0.15) is 283 Å². The number of benzene rings is 4. The summed E-state index contributed by atoms with van der Waals surface area (Å²) in [6.45, 7) is 9.64. The van der Waals surface area contributed by atoms with Gasteiger partial charge in [-0.2, -0.15) is 4.58 Å². The van der Waals surface area contributed by atoms with E-state index < -0.39 is 160 Å². The van der Waals surface area contributed by atoms with Crippen LogP contribution in [0.2, 0.25) is 0 Å². The molecular weight excluding hydrogens is 1720 g/mol. The second-order valence-electron chi connectivity index (χ2n) is 40.3. The van der Waals surface area contributed by atoms with Crippen molar-refractivity contribution in [3.05, 3.63) is 131 Å². The van der Waals surface area contributed by atoms with E-state index in [0.29, 0.717) is 71.4 Å². The van der Waals surface area contributed by atoms with Crippen molar-refractivity contribution >= 4 is 50.4 Å². The van der Waals surface area contributed by atoms with E-state index in [1.807, 2.05) is 0 Å². The fraction of sp³-hybridized carbons (Fsp3) is 0.713. The lowest BCUT2D eigenvalue weighted by molar-refractivity contribution is -0.438. The quantitative estimate of drug-likeness (QED) is 0.0205. The van der Waals surface area contributed by atoms with Gasteiger partial charge in [-0.3, -0.25) is 9.59 Å². The normalized spacial score (nSPS) is 31.9. The van der Waals surface area contributed by atoms with Gasteiger partial charge in [0, 0.05) is 99.8 Å². The number of ether oxygens (including phenoxy) is 11. The molecule has 8 bridgehead atoms. The minimum absolute atomic E-state index is 0.0558. The number of carbonyl (C=O) groups excluding carboxylic acids is 2. The molecule has 0 aromatic heterocycles. The number of anilines is 1. The standard InChI is InChI=1S/C108H162N4O23/c1-107(2)86(111(78-56-52-72-42-31-33-46-76(72)90(78)107)62-38-50-88(117)109-60-40-66-128-99-81-49-30-26-22-18-14-9-7-6-8-11-15-19-23-27-35-64-126-100-82(68-113)132-105(95(122)94(100)121)134-103(96(99)123)85(71-116)131-81)58-54-74-44-37-45-75(98(74)125-5)55-59-87-108(3,4)91-77-47-34-32-43-73(77)53-57-79(91)112(87)63-39-51-89(118)110-61-41-67-129-104-97(124)101-83(69-114)133-106(104)135-102-84(70-115)130-80(92(119)93(102)120)48-29-25-21-17-13-10-12-16-20-24-28-36-65-127-101/h31-34,42-43,46-47,52-59,80-85,92-97,99-106,113-116,119-124H,6-30,35-41,44-45,48-51,60-71H2,1-5H3,(H-,109,110,117,118)/p+1/t80?,81?,82-,83-,84-,85-,92+,93-,94-,95-,96-,97+,99+,100?,101?,102?,103?,104-,105?,106?/m1/s1. The minimum atomic E-state index is -1.61. The summed E-state index contributed by atoms with van der Waals surface area (Å²) in [6.07, 6.45) is 20.7. The number of fused-ring (bicyclic) bond motifs is 10. The second-order valence-corrected chi connectivity index (χ2v) is 40.3. The molecule has 4 aromatic carbocycles. The van der Waals surface area contributed by atoms with E-state index in [4.69, 9.17) is 52.1 Å². The average Bonchev–Trinajstić information content (AvgIpc) is 1.57. The first-order valence-corrected chi connectivity index (χ1v) is 52.0. The summed E-state index contributed by atoms with van der Waals surface area (Å²) in [5.74, 6) is 0.599. The monoisotopic (exact) mass is 1880 g/mol. The first-order chi connectivity index (χ1) is 65.7. The maximum atomic E-state index is 14.0. The Hall–Kier alpha value is -6.23. The highest BCUT2D eigenvalue weighted by Crippen LogP contribution is 2.52. The lowest BCUT2D eigenvalue weighted by atomic mass is 9.78. The molecule has 17 rings (SSSR count). The molecule has 10 fully saturated rings. The third kappa shape index (κ3) is 27.6. The molecule has 752 valence electrons. The van der Waals surface area contributed by atoms with Crippen LogP contribution < -0.4 is 15.5 Å². The number of hydrogen-bond donors (Lipinski definition) is 12. The molecule has 2 amide bonds. The lowest BCUT2D eigenvalue weighted by Gasteiger charge is -2.48. The Morgan fingerprint density at radius 1 is 0.452 bits per heavy atom. The van der Waals surface area contributed by atoms with Gasteiger partial charge in [-0.1, -0.05) is 235 Å². The molecule has 0 spiro atoms. The Morgan fingerprint density at radius 2 is 0.919 bits per heavy atom. The third-order valence-corrected chi connectivity index (χ3v) is 29.8. The molecule has 12 aliphatic heterocycles. The molecule has 4 aromatic rings. The minimum Gasteiger partial charge on any atom is -0.496 e. The molecular formula is C108H163N4O23+. The number of nitrogens with zero attached hydrogens (tertiary/aromatic N) is 2. The molecule has 13 aliphatic rings. The van der Waals surface area contributed by atoms with Gasteiger partial charge in [0.2, 0.25) is 17.5 Å². The molecule has 8 unspecified atom stereocenters. The number of allylic oxidation sites excluding steroid dienone is 7. The Balaban J connectivity index is 0.647. The molecule has 20 atom stereocenters. The van der Waals surface area contributed by atoms with Crippen LogP contribution in [0.3, 0.4) is 0 Å². The first kappa shape index (κ1) is 106. The van der Waals surface area contributed by atoms with E-state index in [1.54, 1.807) is 7.11 Å². The van der Waals surface area contributed by atoms with E-state index in [0.717, 1.165) is 172 Å². The zero-order chi connectivity index (χ0) is 95.2. The highest BCUT2D eigenvalue weighted by Gasteiger charge is 2.55. The van der Waals surface area contributed by atoms with Gasteiger partial charge in [0.05, 0.1) is 51.2 Å². The van der Waals surface area contributed by atoms with Gasteiger partial charge in [-0.25, -0.2) is 0 Å². The van der Waals surface area contributed by atoms with Crippen molar-refractivity contribution in [3.8, 4) is 0 Å². The molecule has 0 radical (unpaired) electrons. The summed E-state index contributed by atoms with van der Waals surface area (Å²) < 4.78 is 72.0. The zero-order valence-electron chi connectivity index (χ0n) is 81.3. The van der Waals surface area contributed by atoms with Gasteiger partial charge < -0.3 is 119 Å². The smallest absolute Gasteiger partial charge is 0.220 e. The number of nitrogens with one attached hydrogen (secondary N) is 2. The highest BCUT2D eigenvalue weighted by atomic mass is 16.7. The van der Waals surface area contributed by atoms with Crippen LogP contribution in [0.25, 0.3) is 21.5 Å². The van der Waals surface area contributed by atoms with Gasteiger partial charge in [0.15, 0.2) is 18.3 Å². The predicted molar refractivity (Wildman–Crippen MR) is 520 cm³/mol. The second kappa shape index (κ2) is 53.6. The summed E-state index contributed by atoms with van der Waals surface area (Å²) in [5, 5.41) is 124. The zero-order valence-corrected chi connectivity index (χ0v) is 81.3. The van der Waals surface area contributed by atoms with Crippen molar-refractivity contribution in [2.24, 2.45) is 0 Å². The first-order valence-electron chi connectivity index (χ1n) is 52.0. The fourth-order valence-electron chi connectivity index (χ4n) is 22.4. The van der Waals surface area contributed by atoms with Gasteiger partial charge >= 0.3 is 0 Å². The van der Waals surface area contributed by atoms with Gasteiger partial charge in [0.1, 0.15) is 110 Å². The van der Waals surface area contributed by atoms with Gasteiger partial charge in [-0.05, 0) is 141 Å². The highest BCUT2D eigenvalue weighted by molar-refractivity contribution is 6.08. The van der Waals surface area contributed by atoms with Crippen LogP contribution in [0, 0.1) is 0 Å². The Labute approximate surface area is 801 Å². The number of amides is 2. The molecule has 12 N–H and O–H groups in total. The Morgan fingerprint density at radius 3 is 1.49 bits per heavy atom. The van der Waals surface area contributed by atoms with E-state index in [-0.39, 0.29) is 44.4 Å². The van der Waals surface area contributed by atoms with Crippen LogP contribution in [0.5, 0.6) is 0 Å². The Kier molecular flexibility index (Phi) is 42.1. The van der Waals surface area contributed by atoms with Crippen molar-refractivity contribution in [2.75, 3.05) is 91.0 Å². The van der Waals surface area contributed by atoms with Crippen molar-refractivity contribution in [3.63, 3.8) is 0 Å². The number of aliphatic hydroxyl groups excluding tert-OH is 10. The van der Waals surface area contributed by atoms with E-state index in [9.17, 15) is 60.7 Å². The van der Waals surface area contributed by atoms with Crippen LogP contribution in [0.4, 0.5) is 11.4 Å². The summed E-state index contributed by atoms with van der Waals surface area (Å²) in [7, 11) is 1.75. The number of aliphatic hydroxyl groups is 10. The molecule has 1 aliphatic carbocycles. The maximum Gasteiger partial charge on any atom is 0.220 e. The SMILES string of the molecule is COC1=C(/C=C/C2=[N+](CCCC(=O)NCCCO[C@H]3C4OC5[C@@H](CO)OC(CCCCCCCCCCCCCCOC([C@@H](CO)O4)[C@@H]3O)[C@H](O)[C@H]5O)c3ccc4ccccc4c3C2(C)C)CCC/C1=C\C=C1\N(CCCC(=O)NCCCO[C@H]2C3CCCCCCCCCCCCCCCCCOC4[C@@H](CO)OC(OC([C@@H](CO)O3)[C@@H]2O)[C@H](O)[C@H]4O)c2ccc3ccccc3c2C1(C)C. The number of carbonyl (C=O) groups is 2. The van der Waals surface area contributed by atoms with Crippen LogP contribution in [-0.4, -0.2) is 282 Å². The van der Waals surface area contributed by atoms with Gasteiger partial charge in [0.25, 0.3) is 0 Å². The topological polar surface area (TPSA) is 368 Å². The maximum absolute atomic E-state index is 14.0. The van der Waals surface area contributed by atoms with Crippen molar-refractivity contribution in [1.29, 1.82) is 0 Å². The van der Waals surface area contributed by atoms with Crippen LogP contribution in [-0.2, 0) is 72.5 Å². The third-order valence-electron chi connectivity index (χ3n) is 29.8. The number of rotatable bonds is 26. The molecule has 0 saturated carbocycles. The predicted octanol–water partition coefficient (Wildman–Crippen LogP) is 14.0. The van der Waals surface area contributed by atoms with Crippen LogP contribution >= 0.6 is 0 Å². The Bertz CT molecular complexity index is 4470. The van der Waals surface area contributed by atoms with E-state index in [2.05, 4.69) is 145 Å². The van der Waals surface area contributed by atoms with Crippen molar-refractivity contribution in [1.82, 2.24) is 10.6 Å². The summed E-state index contributed by atoms with van der Waals surface area (Å²) in [4.78, 5) is 30.3. The molecule has 27 nitrogen and oxygen atoms in total. The largest absolute Gasteiger partial charge is 0.496 e. The van der Waals surface area contributed by atoms with Crippen molar-refractivity contribution in [2.45, 2.75) is 405 Å². The molecule has 135 heavy (non-hydrogen) atoms. The number of hydrogen-bond acceptors (Lipinski definition) is 24. The molecule has 12 heterocycles. The van der Waals surface area contributed by atoms with Crippen molar-refractivity contribution < 1.29 is 117 Å². The lowest BCUT2D eigenvalue weighted by Crippen LogP contribution is -2.65. The molecule has 10 saturated heterocycles. The van der Waals surface area contributed by atoms with Crippen LogP contribution in [0.15, 0.2) is 120 Å². The van der Waals surface area contributed by atoms with Gasteiger partial charge in [-0.15, -0.1) is 0 Å². The summed E-state index contributed by atoms with van der Waals surface area (Å²) in [5.41, 5.74) is 8.10. The molecule has 27 heteroatoms. The fourth-order valence-corrected chi connectivity index (χ4v) is 22.4. The summed E-state index contributed by atoms with van der Waals surface area (Å²) >= 11 is 0. The summed E-state index contributed by atoms with van der Waals surface area (Å²) in [6, 6.07) is 25.8. The average molecular weight is 1890 g/mol. The van der Waals surface area contributed by atoms with E-state index >= 15 is 0 Å². The number of methoxy groups -OCH3 is 1.